The molecule has 0 aliphatic rings. The Hall–Kier alpha value is -3.09. The van der Waals surface area contributed by atoms with E-state index in [4.69, 9.17) is 4.74 Å². The van der Waals surface area contributed by atoms with Gasteiger partial charge in [-0.05, 0) is 43.3 Å². The smallest absolute Gasteiger partial charge is 0.411 e. The van der Waals surface area contributed by atoms with Crippen molar-refractivity contribution >= 4 is 29.3 Å². The number of benzene rings is 1. The van der Waals surface area contributed by atoms with Crippen molar-refractivity contribution in [1.82, 2.24) is 4.98 Å². The first-order chi connectivity index (χ1) is 11.1. The number of rotatable bonds is 5. The van der Waals surface area contributed by atoms with Crippen molar-refractivity contribution in [3.63, 3.8) is 0 Å². The highest BCUT2D eigenvalue weighted by Crippen LogP contribution is 2.17. The minimum absolute atomic E-state index is 0.306. The van der Waals surface area contributed by atoms with Gasteiger partial charge in [0.05, 0.1) is 31.2 Å². The maximum absolute atomic E-state index is 11.4. The van der Waals surface area contributed by atoms with E-state index in [0.29, 0.717) is 23.7 Å². The van der Waals surface area contributed by atoms with Crippen LogP contribution < -0.4 is 10.6 Å². The number of aromatic nitrogens is 1. The van der Waals surface area contributed by atoms with Crippen molar-refractivity contribution in [3.8, 4) is 0 Å². The molecule has 7 nitrogen and oxygen atoms in total. The van der Waals surface area contributed by atoms with E-state index >= 15 is 0 Å². The number of esters is 1. The topological polar surface area (TPSA) is 89.6 Å². The molecule has 0 aliphatic heterocycles. The SMILES string of the molecule is CCOC(=O)Nc1ccc(Nc2ccc(C(=O)OC)cc2)nc1. The zero-order chi connectivity index (χ0) is 16.7. The molecule has 7 heteroatoms. The molecular formula is C16H17N3O4. The number of carbonyl (C=O) groups excluding carboxylic acids is 2. The third-order valence-corrected chi connectivity index (χ3v) is 2.86. The van der Waals surface area contributed by atoms with E-state index in [1.807, 2.05) is 0 Å². The largest absolute Gasteiger partial charge is 0.465 e. The van der Waals surface area contributed by atoms with Crippen molar-refractivity contribution in [2.75, 3.05) is 24.4 Å². The molecule has 0 spiro atoms. The Morgan fingerprint density at radius 3 is 2.35 bits per heavy atom. The zero-order valence-electron chi connectivity index (χ0n) is 12.8. The van der Waals surface area contributed by atoms with E-state index in [9.17, 15) is 9.59 Å². The third-order valence-electron chi connectivity index (χ3n) is 2.86. The van der Waals surface area contributed by atoms with Gasteiger partial charge in [-0.15, -0.1) is 0 Å². The van der Waals surface area contributed by atoms with Gasteiger partial charge in [-0.1, -0.05) is 0 Å². The zero-order valence-corrected chi connectivity index (χ0v) is 12.8. The van der Waals surface area contributed by atoms with Gasteiger partial charge in [0.15, 0.2) is 0 Å². The lowest BCUT2D eigenvalue weighted by Crippen LogP contribution is -2.13. The quantitative estimate of drug-likeness (QED) is 0.824. The molecule has 2 N–H and O–H groups in total. The van der Waals surface area contributed by atoms with Crippen molar-refractivity contribution in [3.05, 3.63) is 48.2 Å². The molecule has 0 fully saturated rings. The second-order valence-electron chi connectivity index (χ2n) is 4.47. The van der Waals surface area contributed by atoms with Crippen LogP contribution in [-0.4, -0.2) is 30.8 Å². The first-order valence-electron chi connectivity index (χ1n) is 6.97. The molecule has 0 unspecified atom stereocenters. The van der Waals surface area contributed by atoms with Crippen LogP contribution in [0.3, 0.4) is 0 Å². The number of hydrogen-bond acceptors (Lipinski definition) is 6. The second-order valence-corrected chi connectivity index (χ2v) is 4.47. The summed E-state index contributed by atoms with van der Waals surface area (Å²) in [5, 5.41) is 5.64. The molecule has 0 saturated heterocycles. The minimum Gasteiger partial charge on any atom is -0.465 e. The molecule has 2 aromatic rings. The van der Waals surface area contributed by atoms with E-state index < -0.39 is 6.09 Å². The number of carbonyl (C=O) groups is 2. The Kier molecular flexibility index (Phi) is 5.51. The predicted molar refractivity (Wildman–Crippen MR) is 85.9 cm³/mol. The van der Waals surface area contributed by atoms with E-state index in [1.165, 1.54) is 13.3 Å². The van der Waals surface area contributed by atoms with Crippen LogP contribution in [0.15, 0.2) is 42.6 Å². The van der Waals surface area contributed by atoms with E-state index in [0.717, 1.165) is 5.69 Å². The fraction of sp³-hybridized carbons (Fsp3) is 0.188. The van der Waals surface area contributed by atoms with Gasteiger partial charge in [-0.2, -0.15) is 0 Å². The molecule has 2 rings (SSSR count). The predicted octanol–water partition coefficient (Wildman–Crippen LogP) is 3.18. The number of nitrogens with one attached hydrogen (secondary N) is 2. The minimum atomic E-state index is -0.520. The molecule has 0 radical (unpaired) electrons. The van der Waals surface area contributed by atoms with Crippen molar-refractivity contribution in [2.45, 2.75) is 6.92 Å². The molecule has 0 saturated carbocycles. The van der Waals surface area contributed by atoms with Gasteiger partial charge in [0.1, 0.15) is 5.82 Å². The van der Waals surface area contributed by atoms with Gasteiger partial charge in [0.25, 0.3) is 0 Å². The summed E-state index contributed by atoms with van der Waals surface area (Å²) >= 11 is 0. The van der Waals surface area contributed by atoms with E-state index in [-0.39, 0.29) is 5.97 Å². The first-order valence-corrected chi connectivity index (χ1v) is 6.97. The lowest BCUT2D eigenvalue weighted by molar-refractivity contribution is 0.0600. The Labute approximate surface area is 133 Å². The average molecular weight is 315 g/mol. The maximum Gasteiger partial charge on any atom is 0.411 e. The number of methoxy groups -OCH3 is 1. The van der Waals surface area contributed by atoms with Crippen molar-refractivity contribution in [2.24, 2.45) is 0 Å². The summed E-state index contributed by atoms with van der Waals surface area (Å²) in [5.74, 6) is 0.217. The Bertz CT molecular complexity index is 669. The van der Waals surface area contributed by atoms with Crippen LogP contribution in [-0.2, 0) is 9.47 Å². The highest BCUT2D eigenvalue weighted by molar-refractivity contribution is 5.89. The highest BCUT2D eigenvalue weighted by Gasteiger charge is 2.05. The summed E-state index contributed by atoms with van der Waals surface area (Å²) in [4.78, 5) is 26.8. The molecule has 0 bridgehead atoms. The van der Waals surface area contributed by atoms with Crippen LogP contribution >= 0.6 is 0 Å². The molecule has 1 heterocycles. The van der Waals surface area contributed by atoms with Gasteiger partial charge in [-0.3, -0.25) is 5.32 Å². The molecule has 1 aromatic carbocycles. The third kappa shape index (κ3) is 4.70. The van der Waals surface area contributed by atoms with Crippen LogP contribution in [0.4, 0.5) is 22.0 Å². The lowest BCUT2D eigenvalue weighted by Gasteiger charge is -2.08. The van der Waals surface area contributed by atoms with Crippen LogP contribution in [0.25, 0.3) is 0 Å². The van der Waals surface area contributed by atoms with Crippen molar-refractivity contribution < 1.29 is 19.1 Å². The fourth-order valence-electron chi connectivity index (χ4n) is 1.78. The van der Waals surface area contributed by atoms with Crippen LogP contribution in [0, 0.1) is 0 Å². The first kappa shape index (κ1) is 16.3. The number of pyridine rings is 1. The highest BCUT2D eigenvalue weighted by atomic mass is 16.5. The van der Waals surface area contributed by atoms with E-state index in [2.05, 4.69) is 20.4 Å². The number of ether oxygens (including phenoxy) is 2. The molecule has 23 heavy (non-hydrogen) atoms. The molecule has 0 atom stereocenters. The summed E-state index contributed by atoms with van der Waals surface area (Å²) in [6.07, 6.45) is 0.996. The summed E-state index contributed by atoms with van der Waals surface area (Å²) in [6.45, 7) is 2.04. The van der Waals surface area contributed by atoms with Crippen LogP contribution in [0.2, 0.25) is 0 Å². The van der Waals surface area contributed by atoms with Crippen LogP contribution in [0.1, 0.15) is 17.3 Å². The summed E-state index contributed by atoms with van der Waals surface area (Å²) in [7, 11) is 1.34. The van der Waals surface area contributed by atoms with Gasteiger partial charge >= 0.3 is 12.1 Å². The fourth-order valence-corrected chi connectivity index (χ4v) is 1.78. The van der Waals surface area contributed by atoms with E-state index in [1.54, 1.807) is 43.3 Å². The summed E-state index contributed by atoms with van der Waals surface area (Å²) in [6, 6.07) is 10.2. The molecule has 120 valence electrons. The molecular weight excluding hydrogens is 298 g/mol. The summed E-state index contributed by atoms with van der Waals surface area (Å²) in [5.41, 5.74) is 1.78. The monoisotopic (exact) mass is 315 g/mol. The van der Waals surface area contributed by atoms with Gasteiger partial charge < -0.3 is 14.8 Å². The molecule has 1 amide bonds. The molecule has 1 aromatic heterocycles. The molecule has 0 aliphatic carbocycles. The summed E-state index contributed by atoms with van der Waals surface area (Å²) < 4.78 is 9.42. The number of anilines is 3. The normalized spacial score (nSPS) is 9.83. The van der Waals surface area contributed by atoms with Gasteiger partial charge in [-0.25, -0.2) is 14.6 Å². The number of amides is 1. The lowest BCUT2D eigenvalue weighted by atomic mass is 10.2. The van der Waals surface area contributed by atoms with Crippen LogP contribution in [0.5, 0.6) is 0 Å². The number of nitrogens with zero attached hydrogens (tertiary/aromatic N) is 1. The Morgan fingerprint density at radius 1 is 1.09 bits per heavy atom. The Balaban J connectivity index is 1.98. The van der Waals surface area contributed by atoms with Gasteiger partial charge in [0, 0.05) is 5.69 Å². The average Bonchev–Trinajstić information content (AvgIpc) is 2.57. The maximum atomic E-state index is 11.4. The standard InChI is InChI=1S/C16H17N3O4/c1-3-23-16(21)19-13-8-9-14(17-10-13)18-12-6-4-11(5-7-12)15(20)22-2/h4-10H,3H2,1-2H3,(H,17,18)(H,19,21). The Morgan fingerprint density at radius 2 is 1.78 bits per heavy atom. The second kappa shape index (κ2) is 7.79. The van der Waals surface area contributed by atoms with Crippen molar-refractivity contribution in [1.29, 1.82) is 0 Å². The van der Waals surface area contributed by atoms with Gasteiger partial charge in [0.2, 0.25) is 0 Å². The number of hydrogen-bond donors (Lipinski definition) is 2.